The summed E-state index contributed by atoms with van der Waals surface area (Å²) in [6.07, 6.45) is 0. The molecule has 0 radical (unpaired) electrons. The number of hydrogen-bond acceptors (Lipinski definition) is 8. The Kier molecular flexibility index (Phi) is 8.98. The number of methoxy groups -OCH3 is 4. The van der Waals surface area contributed by atoms with Crippen LogP contribution in [0.15, 0.2) is 97.1 Å². The Labute approximate surface area is 232 Å². The van der Waals surface area contributed by atoms with E-state index in [0.717, 1.165) is 0 Å². The molecule has 0 N–H and O–H groups in total. The first kappa shape index (κ1) is 27.8. The molecule has 0 bridgehead atoms. The molecule has 0 atom stereocenters. The van der Waals surface area contributed by atoms with Crippen LogP contribution in [0.2, 0.25) is 0 Å². The molecule has 0 saturated heterocycles. The molecule has 0 unspecified atom stereocenters. The zero-order chi connectivity index (χ0) is 27.8. The molecule has 4 aromatic rings. The van der Waals surface area contributed by atoms with Crippen molar-refractivity contribution >= 4 is 38.3 Å². The summed E-state index contributed by atoms with van der Waals surface area (Å²) in [5.41, 5.74) is 0.277. The number of carbonyl (C=O) groups is 2. The van der Waals surface area contributed by atoms with Crippen LogP contribution >= 0.6 is 0 Å². The van der Waals surface area contributed by atoms with Crippen molar-refractivity contribution in [1.82, 2.24) is 0 Å². The molecule has 0 saturated carbocycles. The second-order valence-corrected chi connectivity index (χ2v) is 16.2. The monoisotopic (exact) mass is 636 g/mol. The van der Waals surface area contributed by atoms with Gasteiger partial charge in [-0.15, -0.1) is 0 Å². The van der Waals surface area contributed by atoms with E-state index in [0.29, 0.717) is 18.7 Å². The topological polar surface area (TPSA) is 89.5 Å². The molecule has 0 aromatic heterocycles. The SMILES string of the molecule is COc1cccc(C(=O)[O][Sn]([O]C(=O)c2cccc(OC)c2OC)([c]2ccccc2)[c]2ccccc2)c1OC. The minimum absolute atomic E-state index is 0.139. The van der Waals surface area contributed by atoms with E-state index in [-0.39, 0.29) is 22.6 Å². The molecule has 0 aliphatic rings. The van der Waals surface area contributed by atoms with Gasteiger partial charge in [-0.2, -0.15) is 0 Å². The van der Waals surface area contributed by atoms with Crippen LogP contribution in [-0.4, -0.2) is 59.6 Å². The van der Waals surface area contributed by atoms with Crippen molar-refractivity contribution < 1.29 is 34.7 Å². The molecule has 0 fully saturated rings. The van der Waals surface area contributed by atoms with Crippen molar-refractivity contribution in [3.05, 3.63) is 108 Å². The van der Waals surface area contributed by atoms with Gasteiger partial charge in [0.05, 0.1) is 0 Å². The summed E-state index contributed by atoms with van der Waals surface area (Å²) in [6, 6.07) is 27.9. The average molecular weight is 635 g/mol. The van der Waals surface area contributed by atoms with Crippen LogP contribution in [0.25, 0.3) is 0 Å². The van der Waals surface area contributed by atoms with Crippen molar-refractivity contribution in [1.29, 1.82) is 0 Å². The molecule has 0 heterocycles. The fourth-order valence-electron chi connectivity index (χ4n) is 4.21. The predicted molar refractivity (Wildman–Crippen MR) is 148 cm³/mol. The van der Waals surface area contributed by atoms with Crippen LogP contribution < -0.4 is 26.1 Å². The zero-order valence-corrected chi connectivity index (χ0v) is 24.9. The number of benzene rings is 4. The molecule has 39 heavy (non-hydrogen) atoms. The van der Waals surface area contributed by atoms with E-state index in [1.165, 1.54) is 28.4 Å². The van der Waals surface area contributed by atoms with E-state index in [2.05, 4.69) is 0 Å². The van der Waals surface area contributed by atoms with E-state index < -0.39 is 31.1 Å². The second-order valence-electron chi connectivity index (χ2n) is 8.21. The van der Waals surface area contributed by atoms with Crippen molar-refractivity contribution in [3.63, 3.8) is 0 Å². The summed E-state index contributed by atoms with van der Waals surface area (Å²) in [7, 11) is 5.84. The third-order valence-electron chi connectivity index (χ3n) is 6.03. The Balaban J connectivity index is 1.90. The second kappa shape index (κ2) is 12.6. The van der Waals surface area contributed by atoms with Crippen LogP contribution in [0.1, 0.15) is 20.7 Å². The number of hydrogen-bond donors (Lipinski definition) is 0. The fourth-order valence-corrected chi connectivity index (χ4v) is 12.3. The molecule has 8 nitrogen and oxygen atoms in total. The summed E-state index contributed by atoms with van der Waals surface area (Å²) >= 11 is -5.12. The molecule has 200 valence electrons. The van der Waals surface area contributed by atoms with E-state index in [4.69, 9.17) is 25.1 Å². The summed E-state index contributed by atoms with van der Waals surface area (Å²) in [6.45, 7) is 0. The van der Waals surface area contributed by atoms with Crippen LogP contribution in [0.4, 0.5) is 0 Å². The maximum atomic E-state index is 13.9. The number of para-hydroxylation sites is 2. The molecule has 0 amide bonds. The molecular formula is C30H28O8Sn. The van der Waals surface area contributed by atoms with Crippen molar-refractivity contribution in [2.75, 3.05) is 28.4 Å². The molecule has 4 aromatic carbocycles. The van der Waals surface area contributed by atoms with Crippen LogP contribution in [0.3, 0.4) is 0 Å². The summed E-state index contributed by atoms with van der Waals surface area (Å²) in [4.78, 5) is 27.7. The molecular weight excluding hydrogens is 607 g/mol. The minimum atomic E-state index is -5.12. The van der Waals surface area contributed by atoms with Crippen LogP contribution in [-0.2, 0) is 6.15 Å². The van der Waals surface area contributed by atoms with Crippen LogP contribution in [0.5, 0.6) is 23.0 Å². The Morgan fingerprint density at radius 1 is 0.487 bits per heavy atom. The third-order valence-corrected chi connectivity index (χ3v) is 15.0. The first-order chi connectivity index (χ1) is 19.0. The quantitative estimate of drug-likeness (QED) is 0.242. The van der Waals surface area contributed by atoms with E-state index in [1.54, 1.807) is 60.7 Å². The summed E-state index contributed by atoms with van der Waals surface area (Å²) in [5.74, 6) is -0.255. The molecule has 0 aliphatic heterocycles. The molecule has 0 aliphatic carbocycles. The van der Waals surface area contributed by atoms with Crippen LogP contribution in [0, 0.1) is 0 Å². The first-order valence-electron chi connectivity index (χ1n) is 12.0. The van der Waals surface area contributed by atoms with Gasteiger partial charge < -0.3 is 0 Å². The zero-order valence-electron chi connectivity index (χ0n) is 22.0. The van der Waals surface area contributed by atoms with E-state index in [9.17, 15) is 9.59 Å². The van der Waals surface area contributed by atoms with Gasteiger partial charge >= 0.3 is 233 Å². The predicted octanol–water partition coefficient (Wildman–Crippen LogP) is 3.99. The Bertz CT molecular complexity index is 1330. The number of rotatable bonds is 10. The average Bonchev–Trinajstić information content (AvgIpc) is 3.00. The Morgan fingerprint density at radius 2 is 0.872 bits per heavy atom. The third kappa shape index (κ3) is 5.65. The normalized spacial score (nSPS) is 10.8. The van der Waals surface area contributed by atoms with E-state index >= 15 is 0 Å². The van der Waals surface area contributed by atoms with Crippen molar-refractivity contribution in [2.24, 2.45) is 0 Å². The van der Waals surface area contributed by atoms with Gasteiger partial charge in [0.1, 0.15) is 0 Å². The number of carbonyl (C=O) groups excluding carboxylic acids is 2. The van der Waals surface area contributed by atoms with Crippen molar-refractivity contribution in [2.45, 2.75) is 0 Å². The molecule has 9 heteroatoms. The first-order valence-corrected chi connectivity index (χ1v) is 17.2. The van der Waals surface area contributed by atoms with Gasteiger partial charge in [0.2, 0.25) is 0 Å². The van der Waals surface area contributed by atoms with Gasteiger partial charge in [0.25, 0.3) is 0 Å². The van der Waals surface area contributed by atoms with Crippen molar-refractivity contribution in [3.8, 4) is 23.0 Å². The van der Waals surface area contributed by atoms with Gasteiger partial charge in [0, 0.05) is 0 Å². The molecule has 0 spiro atoms. The van der Waals surface area contributed by atoms with Gasteiger partial charge in [-0.1, -0.05) is 0 Å². The van der Waals surface area contributed by atoms with Gasteiger partial charge in [-0.3, -0.25) is 0 Å². The standard InChI is InChI=1S/2C9H10O4.2C6H5.Sn/c2*1-12-7-5-3-4-6(9(10)11)8(7)13-2;2*1-2-4-6-5-3-1;/h2*3-5H,1-2H3,(H,10,11);2*1-5H;/q;;;;+2/p-2. The summed E-state index contributed by atoms with van der Waals surface area (Å²) < 4.78 is 35.7. The Hall–Kier alpha value is -4.18. The van der Waals surface area contributed by atoms with Gasteiger partial charge in [-0.05, 0) is 0 Å². The summed E-state index contributed by atoms with van der Waals surface area (Å²) in [5, 5.41) is 0. The molecule has 4 rings (SSSR count). The fraction of sp³-hybridized carbons (Fsp3) is 0.133. The number of ether oxygens (including phenoxy) is 4. The maximum absolute atomic E-state index is 13.9. The van der Waals surface area contributed by atoms with Gasteiger partial charge in [-0.25, -0.2) is 0 Å². The Morgan fingerprint density at radius 3 is 1.21 bits per heavy atom. The van der Waals surface area contributed by atoms with Gasteiger partial charge in [0.15, 0.2) is 0 Å². The van der Waals surface area contributed by atoms with E-state index in [1.807, 2.05) is 36.4 Å².